The first kappa shape index (κ1) is 15.8. The zero-order valence-electron chi connectivity index (χ0n) is 12.4. The van der Waals surface area contributed by atoms with Crippen LogP contribution < -0.4 is 0 Å². The molecule has 1 aromatic carbocycles. The van der Waals surface area contributed by atoms with E-state index in [-0.39, 0.29) is 0 Å². The zero-order chi connectivity index (χ0) is 14.5. The van der Waals surface area contributed by atoms with Crippen molar-refractivity contribution in [3.63, 3.8) is 0 Å². The number of hydrogen-bond donors (Lipinski definition) is 1. The van der Waals surface area contributed by atoms with E-state index in [1.165, 1.54) is 6.54 Å². The van der Waals surface area contributed by atoms with Crippen LogP contribution in [0.15, 0.2) is 24.3 Å². The van der Waals surface area contributed by atoms with Gasteiger partial charge in [0.2, 0.25) is 0 Å². The molecule has 4 heteroatoms. The van der Waals surface area contributed by atoms with E-state index in [1.807, 2.05) is 24.3 Å². The van der Waals surface area contributed by atoms with Crippen molar-refractivity contribution in [2.45, 2.75) is 20.0 Å². The normalized spacial score (nSPS) is 19.4. The monoisotopic (exact) mass is 296 g/mol. The number of β-amino-alcohol motifs (C(OH)–C–C–N with tert-alkyl or cyclic N) is 1. The quantitative estimate of drug-likeness (QED) is 0.905. The number of hydrogen-bond acceptors (Lipinski definition) is 3. The van der Waals surface area contributed by atoms with Crippen molar-refractivity contribution in [2.24, 2.45) is 5.92 Å². The lowest BCUT2D eigenvalue weighted by Gasteiger charge is -2.36. The second-order valence-electron chi connectivity index (χ2n) is 6.06. The molecule has 1 saturated heterocycles. The third-order valence-corrected chi connectivity index (χ3v) is 4.03. The fourth-order valence-electron chi connectivity index (χ4n) is 2.71. The van der Waals surface area contributed by atoms with Crippen LogP contribution in [0.2, 0.25) is 5.02 Å². The Kier molecular flexibility index (Phi) is 5.85. The first-order chi connectivity index (χ1) is 9.54. The summed E-state index contributed by atoms with van der Waals surface area (Å²) in [5.74, 6) is 0.723. The number of halogens is 1. The first-order valence-electron chi connectivity index (χ1n) is 7.43. The third kappa shape index (κ3) is 4.74. The van der Waals surface area contributed by atoms with Crippen LogP contribution in [-0.4, -0.2) is 54.2 Å². The maximum absolute atomic E-state index is 10.3. The van der Waals surface area contributed by atoms with Gasteiger partial charge in [-0.15, -0.1) is 0 Å². The lowest BCUT2D eigenvalue weighted by Crippen LogP contribution is -2.48. The van der Waals surface area contributed by atoms with E-state index in [9.17, 15) is 5.11 Å². The van der Waals surface area contributed by atoms with Crippen LogP contribution in [0.5, 0.6) is 0 Å². The Hall–Kier alpha value is -0.610. The highest BCUT2D eigenvalue weighted by Gasteiger charge is 2.20. The molecule has 1 aliphatic rings. The minimum atomic E-state index is -0.427. The molecule has 1 heterocycles. The maximum Gasteiger partial charge on any atom is 0.0916 e. The highest BCUT2D eigenvalue weighted by Crippen LogP contribution is 2.18. The summed E-state index contributed by atoms with van der Waals surface area (Å²) in [5.41, 5.74) is 0.944. The van der Waals surface area contributed by atoms with Crippen LogP contribution in [-0.2, 0) is 0 Å². The topological polar surface area (TPSA) is 26.7 Å². The number of aliphatic hydroxyl groups is 1. The average molecular weight is 297 g/mol. The van der Waals surface area contributed by atoms with Gasteiger partial charge in [-0.25, -0.2) is 0 Å². The Labute approximate surface area is 127 Å². The maximum atomic E-state index is 10.3. The van der Waals surface area contributed by atoms with E-state index in [0.29, 0.717) is 11.6 Å². The van der Waals surface area contributed by atoms with Crippen molar-refractivity contribution in [1.82, 2.24) is 9.80 Å². The van der Waals surface area contributed by atoms with Gasteiger partial charge in [0.25, 0.3) is 0 Å². The van der Waals surface area contributed by atoms with Gasteiger partial charge in [-0.05, 0) is 23.6 Å². The second kappa shape index (κ2) is 7.41. The summed E-state index contributed by atoms with van der Waals surface area (Å²) < 4.78 is 0. The fourth-order valence-corrected chi connectivity index (χ4v) is 2.83. The van der Waals surface area contributed by atoms with Gasteiger partial charge >= 0.3 is 0 Å². The van der Waals surface area contributed by atoms with Crippen molar-refractivity contribution in [3.05, 3.63) is 34.9 Å². The smallest absolute Gasteiger partial charge is 0.0916 e. The number of nitrogens with zero attached hydrogens (tertiary/aromatic N) is 2. The molecule has 1 unspecified atom stereocenters. The lowest BCUT2D eigenvalue weighted by molar-refractivity contribution is 0.0687. The molecule has 1 N–H and O–H groups in total. The molecule has 0 aromatic heterocycles. The van der Waals surface area contributed by atoms with Gasteiger partial charge in [-0.2, -0.15) is 0 Å². The third-order valence-electron chi connectivity index (χ3n) is 3.77. The van der Waals surface area contributed by atoms with Crippen LogP contribution in [0.1, 0.15) is 25.5 Å². The summed E-state index contributed by atoms with van der Waals surface area (Å²) in [7, 11) is 0. The van der Waals surface area contributed by atoms with E-state index in [4.69, 9.17) is 11.6 Å². The Morgan fingerprint density at radius 3 is 2.00 bits per heavy atom. The van der Waals surface area contributed by atoms with Crippen LogP contribution in [0.25, 0.3) is 0 Å². The Bertz CT molecular complexity index is 399. The van der Waals surface area contributed by atoms with Crippen molar-refractivity contribution in [2.75, 3.05) is 39.3 Å². The van der Waals surface area contributed by atoms with Crippen molar-refractivity contribution in [3.8, 4) is 0 Å². The molecule has 0 spiro atoms. The molecule has 112 valence electrons. The number of benzene rings is 1. The van der Waals surface area contributed by atoms with E-state index in [1.54, 1.807) is 0 Å². The van der Waals surface area contributed by atoms with Crippen molar-refractivity contribution >= 4 is 11.6 Å². The first-order valence-corrected chi connectivity index (χ1v) is 7.80. The summed E-state index contributed by atoms with van der Waals surface area (Å²) in [6.45, 7) is 10.7. The van der Waals surface area contributed by atoms with Gasteiger partial charge in [0, 0.05) is 44.3 Å². The molecule has 0 aliphatic carbocycles. The van der Waals surface area contributed by atoms with Crippen molar-refractivity contribution < 1.29 is 5.11 Å². The minimum Gasteiger partial charge on any atom is -0.387 e. The predicted molar refractivity (Wildman–Crippen MR) is 84.1 cm³/mol. The van der Waals surface area contributed by atoms with Gasteiger partial charge in [-0.1, -0.05) is 37.6 Å². The second-order valence-corrected chi connectivity index (χ2v) is 6.50. The number of piperazine rings is 1. The summed E-state index contributed by atoms with van der Waals surface area (Å²) in [4.78, 5) is 4.85. The minimum absolute atomic E-state index is 0.427. The SMILES string of the molecule is CC(C)CN1CCN(CC(O)c2ccc(Cl)cc2)CC1. The average Bonchev–Trinajstić information content (AvgIpc) is 2.41. The van der Waals surface area contributed by atoms with Gasteiger partial charge in [0.05, 0.1) is 6.10 Å². The predicted octanol–water partition coefficient (Wildman–Crippen LogP) is 2.65. The molecule has 1 aliphatic heterocycles. The van der Waals surface area contributed by atoms with E-state index in [2.05, 4.69) is 23.6 Å². The summed E-state index contributed by atoms with van der Waals surface area (Å²) in [6.07, 6.45) is -0.427. The molecule has 0 amide bonds. The summed E-state index contributed by atoms with van der Waals surface area (Å²) in [5, 5.41) is 11.0. The molecule has 0 bridgehead atoms. The van der Waals surface area contributed by atoms with E-state index >= 15 is 0 Å². The lowest BCUT2D eigenvalue weighted by atomic mass is 10.1. The molecular weight excluding hydrogens is 272 g/mol. The molecule has 0 saturated carbocycles. The van der Waals surface area contributed by atoms with Gasteiger partial charge in [0.1, 0.15) is 0 Å². The molecule has 1 fully saturated rings. The zero-order valence-corrected chi connectivity index (χ0v) is 13.2. The molecule has 1 atom stereocenters. The number of rotatable bonds is 5. The van der Waals surface area contributed by atoms with Gasteiger partial charge in [0.15, 0.2) is 0 Å². The van der Waals surface area contributed by atoms with E-state index in [0.717, 1.165) is 37.7 Å². The Balaban J connectivity index is 1.79. The Morgan fingerprint density at radius 1 is 1.00 bits per heavy atom. The van der Waals surface area contributed by atoms with Crippen LogP contribution in [0.4, 0.5) is 0 Å². The summed E-state index contributed by atoms with van der Waals surface area (Å²) in [6, 6.07) is 7.48. The molecule has 0 radical (unpaired) electrons. The largest absolute Gasteiger partial charge is 0.387 e. The summed E-state index contributed by atoms with van der Waals surface area (Å²) >= 11 is 5.87. The molecule has 20 heavy (non-hydrogen) atoms. The molecule has 2 rings (SSSR count). The van der Waals surface area contributed by atoms with Crippen molar-refractivity contribution in [1.29, 1.82) is 0 Å². The molecule has 1 aromatic rings. The molecule has 3 nitrogen and oxygen atoms in total. The highest BCUT2D eigenvalue weighted by molar-refractivity contribution is 6.30. The van der Waals surface area contributed by atoms with Gasteiger partial charge < -0.3 is 10.0 Å². The standard InChI is InChI=1S/C16H25ClN2O/c1-13(2)11-18-7-9-19(10-8-18)12-16(20)14-3-5-15(17)6-4-14/h3-6,13,16,20H,7-12H2,1-2H3. The Morgan fingerprint density at radius 2 is 1.50 bits per heavy atom. The van der Waals surface area contributed by atoms with Gasteiger partial charge in [-0.3, -0.25) is 4.90 Å². The van der Waals surface area contributed by atoms with Crippen LogP contribution in [0, 0.1) is 5.92 Å². The van der Waals surface area contributed by atoms with E-state index < -0.39 is 6.10 Å². The van der Waals surface area contributed by atoms with Crippen LogP contribution >= 0.6 is 11.6 Å². The molecular formula is C16H25ClN2O. The number of aliphatic hydroxyl groups excluding tert-OH is 1. The fraction of sp³-hybridized carbons (Fsp3) is 0.625. The van der Waals surface area contributed by atoms with Crippen LogP contribution in [0.3, 0.4) is 0 Å². The highest BCUT2D eigenvalue weighted by atomic mass is 35.5.